The Kier molecular flexibility index (Phi) is 2.58. The Labute approximate surface area is 85.1 Å². The van der Waals surface area contributed by atoms with Crippen molar-refractivity contribution in [3.05, 3.63) is 0 Å². The van der Waals surface area contributed by atoms with E-state index in [1.807, 2.05) is 0 Å². The van der Waals surface area contributed by atoms with Crippen LogP contribution in [0.2, 0.25) is 0 Å². The first-order valence-electron chi connectivity index (χ1n) is 5.62. The molecule has 0 spiro atoms. The zero-order valence-corrected chi connectivity index (χ0v) is 8.94. The smallest absolute Gasteiger partial charge is 0.113 e. The molecule has 82 valence electrons. The second kappa shape index (κ2) is 3.47. The van der Waals surface area contributed by atoms with E-state index >= 15 is 0 Å². The summed E-state index contributed by atoms with van der Waals surface area (Å²) < 4.78 is 5.46. The fourth-order valence-electron chi connectivity index (χ4n) is 2.66. The number of aliphatic hydroxyl groups excluding tert-OH is 1. The Bertz CT molecular complexity index is 213. The average Bonchev–Trinajstić information content (AvgIpc) is 2.83. The van der Waals surface area contributed by atoms with Gasteiger partial charge in [-0.25, -0.2) is 0 Å². The Morgan fingerprint density at radius 1 is 1.50 bits per heavy atom. The summed E-state index contributed by atoms with van der Waals surface area (Å²) in [6.07, 6.45) is 3.47. The van der Waals surface area contributed by atoms with Crippen LogP contribution in [0.1, 0.15) is 39.5 Å². The zero-order valence-electron chi connectivity index (χ0n) is 8.94. The van der Waals surface area contributed by atoms with Gasteiger partial charge in [0.25, 0.3) is 0 Å². The lowest BCUT2D eigenvalue weighted by atomic mass is 9.76. The standard InChI is InChI=1S/C11H20O3/c1-3-4-5-7-8(12)6-11(2,13)10-9(7)14-10/h7-10,12-13H,3-6H2,1-2H3/t7-,8-,9+,10+,11-/m0/s1. The molecular formula is C11H20O3. The van der Waals surface area contributed by atoms with E-state index in [-0.39, 0.29) is 24.2 Å². The number of epoxide rings is 1. The maximum absolute atomic E-state index is 9.91. The molecule has 14 heavy (non-hydrogen) atoms. The van der Waals surface area contributed by atoms with E-state index in [0.29, 0.717) is 6.42 Å². The van der Waals surface area contributed by atoms with Gasteiger partial charge < -0.3 is 14.9 Å². The molecule has 3 nitrogen and oxygen atoms in total. The van der Waals surface area contributed by atoms with E-state index in [2.05, 4.69) is 6.92 Å². The fourth-order valence-corrected chi connectivity index (χ4v) is 2.66. The van der Waals surface area contributed by atoms with E-state index in [0.717, 1.165) is 19.3 Å². The Balaban J connectivity index is 1.95. The van der Waals surface area contributed by atoms with Crippen LogP contribution in [-0.2, 0) is 4.74 Å². The molecule has 1 aliphatic heterocycles. The van der Waals surface area contributed by atoms with Gasteiger partial charge in [-0.15, -0.1) is 0 Å². The van der Waals surface area contributed by atoms with E-state index < -0.39 is 5.60 Å². The van der Waals surface area contributed by atoms with Gasteiger partial charge in [-0.3, -0.25) is 0 Å². The maximum atomic E-state index is 9.91. The molecule has 0 radical (unpaired) electrons. The van der Waals surface area contributed by atoms with E-state index in [9.17, 15) is 10.2 Å². The highest BCUT2D eigenvalue weighted by Gasteiger charge is 2.60. The lowest BCUT2D eigenvalue weighted by molar-refractivity contribution is -0.0443. The van der Waals surface area contributed by atoms with Crippen LogP contribution in [0.15, 0.2) is 0 Å². The summed E-state index contributed by atoms with van der Waals surface area (Å²) in [5.74, 6) is 0.250. The molecular weight excluding hydrogens is 180 g/mol. The summed E-state index contributed by atoms with van der Waals surface area (Å²) in [6.45, 7) is 3.91. The zero-order chi connectivity index (χ0) is 10.3. The first-order valence-corrected chi connectivity index (χ1v) is 5.62. The third kappa shape index (κ3) is 1.69. The molecule has 2 N–H and O–H groups in total. The van der Waals surface area contributed by atoms with Crippen LogP contribution in [0.4, 0.5) is 0 Å². The fraction of sp³-hybridized carbons (Fsp3) is 1.00. The minimum atomic E-state index is -0.813. The molecule has 0 aromatic rings. The number of hydrogen-bond donors (Lipinski definition) is 2. The second-order valence-electron chi connectivity index (χ2n) is 4.96. The minimum Gasteiger partial charge on any atom is -0.393 e. The molecule has 3 heteroatoms. The predicted octanol–water partition coefficient (Wildman–Crippen LogP) is 1.08. The van der Waals surface area contributed by atoms with Crippen molar-refractivity contribution in [3.8, 4) is 0 Å². The first-order chi connectivity index (χ1) is 6.56. The number of ether oxygens (including phenoxy) is 1. The molecule has 0 aromatic heterocycles. The Hall–Kier alpha value is -0.120. The lowest BCUT2D eigenvalue weighted by Crippen LogP contribution is -2.46. The highest BCUT2D eigenvalue weighted by atomic mass is 16.6. The molecule has 5 atom stereocenters. The topological polar surface area (TPSA) is 53.0 Å². The number of rotatable bonds is 3. The molecule has 0 aromatic carbocycles. The molecule has 2 fully saturated rings. The van der Waals surface area contributed by atoms with Crippen LogP contribution < -0.4 is 0 Å². The van der Waals surface area contributed by atoms with Crippen LogP contribution in [-0.4, -0.2) is 34.1 Å². The Morgan fingerprint density at radius 2 is 2.21 bits per heavy atom. The first kappa shape index (κ1) is 10.4. The summed E-state index contributed by atoms with van der Waals surface area (Å²) in [7, 11) is 0. The van der Waals surface area contributed by atoms with Gasteiger partial charge in [-0.05, 0) is 13.3 Å². The van der Waals surface area contributed by atoms with Gasteiger partial charge in [0.1, 0.15) is 6.10 Å². The minimum absolute atomic E-state index is 0.0206. The molecule has 1 heterocycles. The van der Waals surface area contributed by atoms with Gasteiger partial charge >= 0.3 is 0 Å². The van der Waals surface area contributed by atoms with Crippen LogP contribution in [0, 0.1) is 5.92 Å². The average molecular weight is 200 g/mol. The van der Waals surface area contributed by atoms with Crippen molar-refractivity contribution in [2.45, 2.75) is 63.4 Å². The summed E-state index contributed by atoms with van der Waals surface area (Å²) in [6, 6.07) is 0. The van der Waals surface area contributed by atoms with Crippen LogP contribution >= 0.6 is 0 Å². The van der Waals surface area contributed by atoms with Crippen molar-refractivity contribution in [1.29, 1.82) is 0 Å². The molecule has 2 aliphatic rings. The van der Waals surface area contributed by atoms with E-state index in [1.165, 1.54) is 0 Å². The molecule has 0 amide bonds. The van der Waals surface area contributed by atoms with Crippen molar-refractivity contribution >= 4 is 0 Å². The summed E-state index contributed by atoms with van der Waals surface area (Å²) in [4.78, 5) is 0. The van der Waals surface area contributed by atoms with Gasteiger partial charge in [0.2, 0.25) is 0 Å². The van der Waals surface area contributed by atoms with Crippen molar-refractivity contribution in [2.75, 3.05) is 0 Å². The number of fused-ring (bicyclic) bond motifs is 1. The molecule has 0 bridgehead atoms. The quantitative estimate of drug-likeness (QED) is 0.670. The maximum Gasteiger partial charge on any atom is 0.113 e. The van der Waals surface area contributed by atoms with Gasteiger partial charge in [0.15, 0.2) is 0 Å². The number of aliphatic hydroxyl groups is 2. The highest BCUT2D eigenvalue weighted by Crippen LogP contribution is 2.47. The summed E-state index contributed by atoms with van der Waals surface area (Å²) in [5, 5.41) is 19.8. The van der Waals surface area contributed by atoms with Gasteiger partial charge in [0, 0.05) is 12.3 Å². The highest BCUT2D eigenvalue weighted by molar-refractivity contribution is 5.09. The molecule has 1 saturated carbocycles. The summed E-state index contributed by atoms with van der Waals surface area (Å²) >= 11 is 0. The SMILES string of the molecule is CCCC[C@@H]1[C@H]2O[C@H]2[C@@](C)(O)C[C@@H]1O. The predicted molar refractivity (Wildman–Crippen MR) is 52.9 cm³/mol. The van der Waals surface area contributed by atoms with Crippen molar-refractivity contribution in [3.63, 3.8) is 0 Å². The second-order valence-corrected chi connectivity index (χ2v) is 4.96. The van der Waals surface area contributed by atoms with Crippen molar-refractivity contribution in [1.82, 2.24) is 0 Å². The van der Waals surface area contributed by atoms with Gasteiger partial charge in [0.05, 0.1) is 17.8 Å². The molecule has 1 saturated heterocycles. The number of unbranched alkanes of at least 4 members (excludes halogenated alkanes) is 1. The largest absolute Gasteiger partial charge is 0.393 e. The third-order valence-corrected chi connectivity index (χ3v) is 3.57. The lowest BCUT2D eigenvalue weighted by Gasteiger charge is -2.33. The van der Waals surface area contributed by atoms with Crippen LogP contribution in [0.5, 0.6) is 0 Å². The Morgan fingerprint density at radius 3 is 2.86 bits per heavy atom. The summed E-state index contributed by atoms with van der Waals surface area (Å²) in [5.41, 5.74) is -0.813. The van der Waals surface area contributed by atoms with Gasteiger partial charge in [-0.1, -0.05) is 19.8 Å². The van der Waals surface area contributed by atoms with E-state index in [1.54, 1.807) is 6.92 Å². The molecule has 1 aliphatic carbocycles. The van der Waals surface area contributed by atoms with Crippen molar-refractivity contribution < 1.29 is 14.9 Å². The monoisotopic (exact) mass is 200 g/mol. The van der Waals surface area contributed by atoms with Crippen molar-refractivity contribution in [2.24, 2.45) is 5.92 Å². The van der Waals surface area contributed by atoms with Crippen LogP contribution in [0.25, 0.3) is 0 Å². The molecule has 2 rings (SSSR count). The molecule has 0 unspecified atom stereocenters. The number of hydrogen-bond acceptors (Lipinski definition) is 3. The normalized spacial score (nSPS) is 51.4. The van der Waals surface area contributed by atoms with Gasteiger partial charge in [-0.2, -0.15) is 0 Å². The third-order valence-electron chi connectivity index (χ3n) is 3.57. The van der Waals surface area contributed by atoms with Crippen LogP contribution in [0.3, 0.4) is 0 Å². The van der Waals surface area contributed by atoms with E-state index in [4.69, 9.17) is 4.74 Å².